The first-order valence-corrected chi connectivity index (χ1v) is 3.69. The van der Waals surface area contributed by atoms with Crippen LogP contribution in [0.5, 0.6) is 0 Å². The van der Waals surface area contributed by atoms with Gasteiger partial charge in [-0.15, -0.1) is 0 Å². The van der Waals surface area contributed by atoms with Gasteiger partial charge in [0.05, 0.1) is 0 Å². The van der Waals surface area contributed by atoms with Crippen LogP contribution in [0.3, 0.4) is 0 Å². The SMILES string of the molecule is OB(O)c1ccc(NC(F)(F)F)cc1. The molecule has 0 bridgehead atoms. The van der Waals surface area contributed by atoms with Gasteiger partial charge in [-0.3, -0.25) is 5.32 Å². The van der Waals surface area contributed by atoms with E-state index in [1.165, 1.54) is 17.4 Å². The average molecular weight is 205 g/mol. The first-order chi connectivity index (χ1) is 6.38. The summed E-state index contributed by atoms with van der Waals surface area (Å²) >= 11 is 0. The van der Waals surface area contributed by atoms with Gasteiger partial charge in [-0.1, -0.05) is 12.1 Å². The number of nitrogens with one attached hydrogen (secondary N) is 1. The number of anilines is 1. The number of alkyl halides is 3. The number of benzene rings is 1. The molecular weight excluding hydrogens is 198 g/mol. The maximum absolute atomic E-state index is 11.8. The van der Waals surface area contributed by atoms with Gasteiger partial charge in [-0.05, 0) is 17.6 Å². The Morgan fingerprint density at radius 2 is 1.57 bits per heavy atom. The van der Waals surface area contributed by atoms with Crippen LogP contribution in [-0.2, 0) is 0 Å². The molecule has 0 saturated heterocycles. The van der Waals surface area contributed by atoms with Crippen molar-refractivity contribution < 1.29 is 23.2 Å². The van der Waals surface area contributed by atoms with Crippen LogP contribution in [0.2, 0.25) is 0 Å². The van der Waals surface area contributed by atoms with E-state index in [4.69, 9.17) is 10.0 Å². The van der Waals surface area contributed by atoms with Gasteiger partial charge in [0.15, 0.2) is 0 Å². The molecule has 0 aromatic heterocycles. The van der Waals surface area contributed by atoms with Crippen molar-refractivity contribution in [2.24, 2.45) is 0 Å². The van der Waals surface area contributed by atoms with Crippen LogP contribution in [0.25, 0.3) is 0 Å². The molecule has 0 atom stereocenters. The Balaban J connectivity index is 2.74. The average Bonchev–Trinajstić information content (AvgIpc) is 2.02. The van der Waals surface area contributed by atoms with E-state index in [-0.39, 0.29) is 11.2 Å². The lowest BCUT2D eigenvalue weighted by Gasteiger charge is -2.09. The highest BCUT2D eigenvalue weighted by Crippen LogP contribution is 2.18. The molecule has 0 amide bonds. The smallest absolute Gasteiger partial charge is 0.423 e. The van der Waals surface area contributed by atoms with E-state index in [1.807, 2.05) is 0 Å². The summed E-state index contributed by atoms with van der Waals surface area (Å²) in [6, 6.07) is 4.61. The molecular formula is C7H7BF3NO2. The van der Waals surface area contributed by atoms with Crippen LogP contribution in [-0.4, -0.2) is 23.5 Å². The zero-order valence-corrected chi connectivity index (χ0v) is 6.92. The van der Waals surface area contributed by atoms with Crippen LogP contribution in [0.4, 0.5) is 18.9 Å². The van der Waals surface area contributed by atoms with Crippen molar-refractivity contribution in [2.75, 3.05) is 5.32 Å². The van der Waals surface area contributed by atoms with Crippen LogP contribution in [0.1, 0.15) is 0 Å². The molecule has 14 heavy (non-hydrogen) atoms. The number of hydrogen-bond donors (Lipinski definition) is 3. The van der Waals surface area contributed by atoms with E-state index in [0.717, 1.165) is 12.1 Å². The van der Waals surface area contributed by atoms with E-state index in [9.17, 15) is 13.2 Å². The number of halogens is 3. The molecule has 0 unspecified atom stereocenters. The Morgan fingerprint density at radius 1 is 1.07 bits per heavy atom. The van der Waals surface area contributed by atoms with Crippen molar-refractivity contribution in [3.8, 4) is 0 Å². The zero-order valence-electron chi connectivity index (χ0n) is 6.92. The molecule has 0 aliphatic carbocycles. The molecule has 0 aliphatic heterocycles. The second-order valence-electron chi connectivity index (χ2n) is 2.62. The van der Waals surface area contributed by atoms with Crippen molar-refractivity contribution >= 4 is 18.3 Å². The molecule has 0 spiro atoms. The lowest BCUT2D eigenvalue weighted by molar-refractivity contribution is -0.0999. The van der Waals surface area contributed by atoms with Crippen LogP contribution in [0.15, 0.2) is 24.3 Å². The first-order valence-electron chi connectivity index (χ1n) is 3.69. The zero-order chi connectivity index (χ0) is 10.8. The van der Waals surface area contributed by atoms with Crippen molar-refractivity contribution in [3.63, 3.8) is 0 Å². The summed E-state index contributed by atoms with van der Waals surface area (Å²) in [4.78, 5) is 0. The minimum absolute atomic E-state index is 0.137. The molecule has 0 radical (unpaired) electrons. The van der Waals surface area contributed by atoms with Crippen molar-refractivity contribution in [2.45, 2.75) is 6.30 Å². The molecule has 0 fully saturated rings. The molecule has 1 aromatic rings. The molecule has 0 saturated carbocycles. The van der Waals surface area contributed by atoms with Crippen molar-refractivity contribution in [1.82, 2.24) is 0 Å². The third-order valence-electron chi connectivity index (χ3n) is 1.49. The largest absolute Gasteiger partial charge is 0.488 e. The third-order valence-corrected chi connectivity index (χ3v) is 1.49. The normalized spacial score (nSPS) is 11.2. The summed E-state index contributed by atoms with van der Waals surface area (Å²) in [5.74, 6) is 0. The highest BCUT2D eigenvalue weighted by atomic mass is 19.4. The van der Waals surface area contributed by atoms with Crippen LogP contribution >= 0.6 is 0 Å². The van der Waals surface area contributed by atoms with Crippen molar-refractivity contribution in [1.29, 1.82) is 0 Å². The maximum atomic E-state index is 11.8. The summed E-state index contributed by atoms with van der Waals surface area (Å²) in [7, 11) is -1.67. The number of hydrogen-bond acceptors (Lipinski definition) is 3. The maximum Gasteiger partial charge on any atom is 0.488 e. The Hall–Kier alpha value is -1.21. The standard InChI is InChI=1S/C7H7BF3NO2/c9-7(10,11)12-6-3-1-5(2-4-6)8(13)14/h1-4,12-14H. The molecule has 1 aromatic carbocycles. The molecule has 76 valence electrons. The Kier molecular flexibility index (Phi) is 3.02. The quantitative estimate of drug-likeness (QED) is 0.480. The fourth-order valence-corrected chi connectivity index (χ4v) is 0.902. The Morgan fingerprint density at radius 3 is 1.93 bits per heavy atom. The van der Waals surface area contributed by atoms with E-state index in [0.29, 0.717) is 0 Å². The van der Waals surface area contributed by atoms with Gasteiger partial charge in [0.1, 0.15) is 0 Å². The van der Waals surface area contributed by atoms with Crippen LogP contribution in [0, 0.1) is 0 Å². The molecule has 0 heterocycles. The second-order valence-corrected chi connectivity index (χ2v) is 2.62. The summed E-state index contributed by atoms with van der Waals surface area (Å²) in [6.07, 6.45) is -4.49. The fourth-order valence-electron chi connectivity index (χ4n) is 0.902. The van der Waals surface area contributed by atoms with E-state index >= 15 is 0 Å². The molecule has 3 N–H and O–H groups in total. The lowest BCUT2D eigenvalue weighted by Crippen LogP contribution is -2.29. The Labute approximate surface area is 78.3 Å². The molecule has 7 heteroatoms. The minimum Gasteiger partial charge on any atom is -0.423 e. The van der Waals surface area contributed by atoms with E-state index < -0.39 is 13.4 Å². The summed E-state index contributed by atoms with van der Waals surface area (Å²) in [5, 5.41) is 18.6. The highest BCUT2D eigenvalue weighted by molar-refractivity contribution is 6.58. The minimum atomic E-state index is -4.49. The predicted molar refractivity (Wildman–Crippen MR) is 45.9 cm³/mol. The fraction of sp³-hybridized carbons (Fsp3) is 0.143. The summed E-state index contributed by atoms with van der Waals surface area (Å²) in [6.45, 7) is 0. The van der Waals surface area contributed by atoms with Gasteiger partial charge in [-0.2, -0.15) is 13.2 Å². The molecule has 3 nitrogen and oxygen atoms in total. The third kappa shape index (κ3) is 3.27. The lowest BCUT2D eigenvalue weighted by atomic mass is 9.80. The summed E-state index contributed by atoms with van der Waals surface area (Å²) in [5.41, 5.74) is -0.0142. The van der Waals surface area contributed by atoms with Gasteiger partial charge in [0.2, 0.25) is 0 Å². The number of rotatable bonds is 2. The topological polar surface area (TPSA) is 52.5 Å². The van der Waals surface area contributed by atoms with Gasteiger partial charge in [0, 0.05) is 5.69 Å². The Bertz CT molecular complexity index is 299. The van der Waals surface area contributed by atoms with Gasteiger partial charge in [-0.25, -0.2) is 0 Å². The summed E-state index contributed by atoms with van der Waals surface area (Å²) < 4.78 is 35.4. The van der Waals surface area contributed by atoms with Crippen molar-refractivity contribution in [3.05, 3.63) is 24.3 Å². The second kappa shape index (κ2) is 3.89. The highest BCUT2D eigenvalue weighted by Gasteiger charge is 2.26. The monoisotopic (exact) mass is 205 g/mol. The van der Waals surface area contributed by atoms with Crippen LogP contribution < -0.4 is 10.8 Å². The molecule has 0 aliphatic rings. The first kappa shape index (κ1) is 10.9. The van der Waals surface area contributed by atoms with E-state index in [2.05, 4.69) is 0 Å². The predicted octanol–water partition coefficient (Wildman–Crippen LogP) is 0.298. The van der Waals surface area contributed by atoms with Gasteiger partial charge in [0.25, 0.3) is 0 Å². The van der Waals surface area contributed by atoms with Gasteiger partial charge < -0.3 is 10.0 Å². The van der Waals surface area contributed by atoms with E-state index in [1.54, 1.807) is 0 Å². The molecule has 1 rings (SSSR count). The van der Waals surface area contributed by atoms with Gasteiger partial charge >= 0.3 is 13.4 Å².